The molecule has 0 bridgehead atoms. The summed E-state index contributed by atoms with van der Waals surface area (Å²) >= 11 is 0. The molecule has 0 amide bonds. The van der Waals surface area contributed by atoms with Gasteiger partial charge in [0, 0.05) is 29.4 Å². The molecule has 3 nitrogen and oxygen atoms in total. The zero-order valence-corrected chi connectivity index (χ0v) is 15.2. The summed E-state index contributed by atoms with van der Waals surface area (Å²) in [4.78, 5) is 4.92. The third-order valence-corrected chi connectivity index (χ3v) is 5.19. The third-order valence-electron chi connectivity index (χ3n) is 5.19. The van der Waals surface area contributed by atoms with Gasteiger partial charge in [0.25, 0.3) is 0 Å². The van der Waals surface area contributed by atoms with Crippen molar-refractivity contribution in [2.75, 3.05) is 18.4 Å². The molecule has 130 valence electrons. The quantitative estimate of drug-likeness (QED) is 0.691. The van der Waals surface area contributed by atoms with Crippen molar-refractivity contribution < 1.29 is 0 Å². The smallest absolute Gasteiger partial charge is 0.0726 e. The standard InChI is InChI=1S/C21H31N3/c1-3-16(22-4-2)10-9-15-23-21-17-11-5-7-13-19(17)24-20-14-8-6-12-18(20)21/h5,7,11,13,16,22H,3-4,6,8-10,12,14-15H2,1-2H3,(H,23,24). The van der Waals surface area contributed by atoms with Crippen LogP contribution in [0.2, 0.25) is 0 Å². The SMILES string of the molecule is CCNC(CC)CCCNc1c2c(nc3ccccc13)CCCC2. The Morgan fingerprint density at radius 2 is 1.96 bits per heavy atom. The Morgan fingerprint density at radius 1 is 1.12 bits per heavy atom. The van der Waals surface area contributed by atoms with Crippen molar-refractivity contribution in [3.8, 4) is 0 Å². The highest BCUT2D eigenvalue weighted by molar-refractivity contribution is 5.93. The molecule has 1 unspecified atom stereocenters. The molecule has 3 heteroatoms. The second kappa shape index (κ2) is 8.48. The van der Waals surface area contributed by atoms with Crippen molar-refractivity contribution in [2.24, 2.45) is 0 Å². The maximum Gasteiger partial charge on any atom is 0.0726 e. The van der Waals surface area contributed by atoms with Gasteiger partial charge >= 0.3 is 0 Å². The second-order valence-electron chi connectivity index (χ2n) is 6.87. The van der Waals surface area contributed by atoms with E-state index in [4.69, 9.17) is 4.98 Å². The fraction of sp³-hybridized carbons (Fsp3) is 0.571. The number of nitrogens with zero attached hydrogens (tertiary/aromatic N) is 1. The summed E-state index contributed by atoms with van der Waals surface area (Å²) in [6, 6.07) is 9.24. The number of rotatable bonds is 8. The largest absolute Gasteiger partial charge is 0.384 e. The zero-order valence-electron chi connectivity index (χ0n) is 15.2. The Labute approximate surface area is 146 Å². The molecule has 0 saturated heterocycles. The van der Waals surface area contributed by atoms with Gasteiger partial charge in [0.2, 0.25) is 0 Å². The summed E-state index contributed by atoms with van der Waals surface area (Å²) in [6.45, 7) is 6.57. The Morgan fingerprint density at radius 3 is 2.79 bits per heavy atom. The van der Waals surface area contributed by atoms with E-state index < -0.39 is 0 Å². The fourth-order valence-corrected chi connectivity index (χ4v) is 3.88. The lowest BCUT2D eigenvalue weighted by molar-refractivity contribution is 0.472. The van der Waals surface area contributed by atoms with Gasteiger partial charge in [0.05, 0.1) is 5.52 Å². The molecule has 1 aliphatic carbocycles. The Hall–Kier alpha value is -1.61. The molecule has 0 fully saturated rings. The van der Waals surface area contributed by atoms with E-state index in [1.165, 1.54) is 60.9 Å². The Kier molecular flexibility index (Phi) is 6.08. The van der Waals surface area contributed by atoms with Gasteiger partial charge in [-0.05, 0) is 63.1 Å². The Bertz CT molecular complexity index is 665. The molecule has 3 rings (SSSR count). The zero-order chi connectivity index (χ0) is 16.8. The number of pyridine rings is 1. The van der Waals surface area contributed by atoms with Crippen LogP contribution >= 0.6 is 0 Å². The first-order valence-electron chi connectivity index (χ1n) is 9.71. The summed E-state index contributed by atoms with van der Waals surface area (Å²) < 4.78 is 0. The van der Waals surface area contributed by atoms with Gasteiger partial charge in [-0.25, -0.2) is 0 Å². The van der Waals surface area contributed by atoms with Gasteiger partial charge in [0.15, 0.2) is 0 Å². The van der Waals surface area contributed by atoms with Crippen LogP contribution in [0.1, 0.15) is 57.2 Å². The topological polar surface area (TPSA) is 37.0 Å². The van der Waals surface area contributed by atoms with Crippen LogP contribution in [0.4, 0.5) is 5.69 Å². The first-order chi connectivity index (χ1) is 11.8. The molecule has 1 atom stereocenters. The van der Waals surface area contributed by atoms with E-state index in [9.17, 15) is 0 Å². The molecule has 1 heterocycles. The van der Waals surface area contributed by atoms with E-state index in [-0.39, 0.29) is 0 Å². The number of nitrogens with one attached hydrogen (secondary N) is 2. The minimum Gasteiger partial charge on any atom is -0.384 e. The van der Waals surface area contributed by atoms with Crippen LogP contribution in [0, 0.1) is 0 Å². The van der Waals surface area contributed by atoms with Crippen LogP contribution in [-0.2, 0) is 12.8 Å². The van der Waals surface area contributed by atoms with Crippen LogP contribution in [0.3, 0.4) is 0 Å². The van der Waals surface area contributed by atoms with Gasteiger partial charge in [0.1, 0.15) is 0 Å². The highest BCUT2D eigenvalue weighted by atomic mass is 14.9. The van der Waals surface area contributed by atoms with Crippen molar-refractivity contribution >= 4 is 16.6 Å². The van der Waals surface area contributed by atoms with Crippen molar-refractivity contribution in [1.29, 1.82) is 0 Å². The molecular formula is C21H31N3. The first-order valence-corrected chi connectivity index (χ1v) is 9.71. The monoisotopic (exact) mass is 325 g/mol. The molecule has 2 N–H and O–H groups in total. The van der Waals surface area contributed by atoms with E-state index in [1.54, 1.807) is 0 Å². The maximum absolute atomic E-state index is 4.92. The van der Waals surface area contributed by atoms with Crippen LogP contribution in [0.5, 0.6) is 0 Å². The molecule has 2 aromatic rings. The highest BCUT2D eigenvalue weighted by Gasteiger charge is 2.17. The number of fused-ring (bicyclic) bond motifs is 2. The molecule has 0 radical (unpaired) electrons. The molecule has 0 saturated carbocycles. The number of anilines is 1. The number of hydrogen-bond donors (Lipinski definition) is 2. The minimum absolute atomic E-state index is 0.653. The summed E-state index contributed by atoms with van der Waals surface area (Å²) in [5, 5.41) is 8.63. The molecule has 1 aromatic carbocycles. The maximum atomic E-state index is 4.92. The van der Waals surface area contributed by atoms with Crippen molar-refractivity contribution in [1.82, 2.24) is 10.3 Å². The molecule has 0 aliphatic heterocycles. The number of benzene rings is 1. The van der Waals surface area contributed by atoms with Crippen molar-refractivity contribution in [2.45, 2.75) is 64.8 Å². The molecular weight excluding hydrogens is 294 g/mol. The van der Waals surface area contributed by atoms with Gasteiger partial charge < -0.3 is 10.6 Å². The van der Waals surface area contributed by atoms with Crippen molar-refractivity contribution in [3.05, 3.63) is 35.5 Å². The lowest BCUT2D eigenvalue weighted by Crippen LogP contribution is -2.28. The van der Waals surface area contributed by atoms with Gasteiger partial charge in [-0.1, -0.05) is 32.0 Å². The normalized spacial score (nSPS) is 15.2. The van der Waals surface area contributed by atoms with Crippen molar-refractivity contribution in [3.63, 3.8) is 0 Å². The number of hydrogen-bond acceptors (Lipinski definition) is 3. The van der Waals surface area contributed by atoms with Gasteiger partial charge in [-0.2, -0.15) is 0 Å². The second-order valence-corrected chi connectivity index (χ2v) is 6.87. The van der Waals surface area contributed by atoms with E-state index in [1.807, 2.05) is 0 Å². The summed E-state index contributed by atoms with van der Waals surface area (Å²) in [5.74, 6) is 0. The van der Waals surface area contributed by atoms with Gasteiger partial charge in [-0.15, -0.1) is 0 Å². The fourth-order valence-electron chi connectivity index (χ4n) is 3.88. The average Bonchev–Trinajstić information content (AvgIpc) is 2.63. The molecule has 1 aromatic heterocycles. The van der Waals surface area contributed by atoms with Crippen LogP contribution in [0.25, 0.3) is 10.9 Å². The van der Waals surface area contributed by atoms with E-state index in [0.717, 1.165) is 25.0 Å². The number of aromatic nitrogens is 1. The van der Waals surface area contributed by atoms with E-state index >= 15 is 0 Å². The van der Waals surface area contributed by atoms with Crippen LogP contribution in [0.15, 0.2) is 24.3 Å². The number of para-hydroxylation sites is 1. The summed E-state index contributed by atoms with van der Waals surface area (Å²) in [5.41, 5.74) is 5.28. The summed E-state index contributed by atoms with van der Waals surface area (Å²) in [7, 11) is 0. The lowest BCUT2D eigenvalue weighted by atomic mass is 9.92. The Balaban J connectivity index is 1.73. The minimum atomic E-state index is 0.653. The molecule has 24 heavy (non-hydrogen) atoms. The summed E-state index contributed by atoms with van der Waals surface area (Å²) in [6.07, 6.45) is 8.53. The first kappa shape index (κ1) is 17.2. The number of aryl methyl sites for hydroxylation is 1. The predicted octanol–water partition coefficient (Wildman–Crippen LogP) is 4.69. The van der Waals surface area contributed by atoms with Crippen LogP contribution in [-0.4, -0.2) is 24.1 Å². The highest BCUT2D eigenvalue weighted by Crippen LogP contribution is 2.33. The average molecular weight is 326 g/mol. The molecule has 1 aliphatic rings. The third kappa shape index (κ3) is 3.89. The lowest BCUT2D eigenvalue weighted by Gasteiger charge is -2.22. The van der Waals surface area contributed by atoms with E-state index in [2.05, 4.69) is 48.7 Å². The van der Waals surface area contributed by atoms with Crippen LogP contribution < -0.4 is 10.6 Å². The van der Waals surface area contributed by atoms with Gasteiger partial charge in [-0.3, -0.25) is 4.98 Å². The van der Waals surface area contributed by atoms with E-state index in [0.29, 0.717) is 6.04 Å². The molecule has 0 spiro atoms. The predicted molar refractivity (Wildman–Crippen MR) is 104 cm³/mol.